The van der Waals surface area contributed by atoms with Crippen molar-refractivity contribution in [3.05, 3.63) is 30.1 Å². The number of rotatable bonds is 4. The number of aliphatic hydroxyl groups excluding tert-OH is 1. The topological polar surface area (TPSA) is 72.2 Å². The molecule has 6 heteroatoms. The Morgan fingerprint density at radius 3 is 2.86 bits per heavy atom. The number of aryl methyl sites for hydroxylation is 1. The fourth-order valence-electron chi connectivity index (χ4n) is 3.11. The number of para-hydroxylation sites is 2. The van der Waals surface area contributed by atoms with Crippen LogP contribution < -0.4 is 0 Å². The summed E-state index contributed by atoms with van der Waals surface area (Å²) in [5.41, 5.74) is 1.97. The number of hydrogen-bond donors (Lipinski definition) is 1. The number of sulfone groups is 1. The maximum absolute atomic E-state index is 11.5. The number of nitrogens with zero attached hydrogens (tertiary/aromatic N) is 2. The van der Waals surface area contributed by atoms with E-state index >= 15 is 0 Å². The van der Waals surface area contributed by atoms with Gasteiger partial charge in [0.1, 0.15) is 5.82 Å². The van der Waals surface area contributed by atoms with Gasteiger partial charge in [0.05, 0.1) is 28.6 Å². The monoisotopic (exact) mass is 308 g/mol. The van der Waals surface area contributed by atoms with Gasteiger partial charge in [0.15, 0.2) is 9.84 Å². The molecule has 1 aromatic carbocycles. The molecule has 5 nitrogen and oxygen atoms in total. The predicted molar refractivity (Wildman–Crippen MR) is 81.8 cm³/mol. The Hall–Kier alpha value is -1.40. The third-order valence-electron chi connectivity index (χ3n) is 4.23. The molecule has 0 radical (unpaired) electrons. The molecule has 1 saturated heterocycles. The summed E-state index contributed by atoms with van der Waals surface area (Å²) in [6.07, 6.45) is 1.12. The van der Waals surface area contributed by atoms with Crippen LogP contribution in [0.5, 0.6) is 0 Å². The molecule has 1 fully saturated rings. The van der Waals surface area contributed by atoms with Crippen LogP contribution in [-0.4, -0.2) is 40.7 Å². The van der Waals surface area contributed by atoms with Crippen molar-refractivity contribution in [1.82, 2.24) is 9.55 Å². The van der Waals surface area contributed by atoms with E-state index in [-0.39, 0.29) is 17.4 Å². The molecule has 0 amide bonds. The molecule has 1 N–H and O–H groups in total. The minimum Gasteiger partial charge on any atom is -0.393 e. The second-order valence-corrected chi connectivity index (χ2v) is 8.17. The molecule has 2 unspecified atom stereocenters. The molecule has 21 heavy (non-hydrogen) atoms. The normalized spacial score (nSPS) is 22.7. The first-order valence-electron chi connectivity index (χ1n) is 7.23. The maximum Gasteiger partial charge on any atom is 0.150 e. The Labute approximate surface area is 124 Å². The maximum atomic E-state index is 11.5. The van der Waals surface area contributed by atoms with E-state index in [1.165, 1.54) is 0 Å². The Bertz CT molecular complexity index is 751. The molecule has 2 heterocycles. The highest BCUT2D eigenvalue weighted by Gasteiger charge is 2.29. The first-order chi connectivity index (χ1) is 9.94. The quantitative estimate of drug-likeness (QED) is 0.924. The minimum absolute atomic E-state index is 0.0830. The number of imidazole rings is 1. The lowest BCUT2D eigenvalue weighted by molar-refractivity contribution is 0.144. The zero-order valence-electron chi connectivity index (χ0n) is 12.1. The Kier molecular flexibility index (Phi) is 3.75. The molecule has 2 atom stereocenters. The Balaban J connectivity index is 1.69. The van der Waals surface area contributed by atoms with Crippen LogP contribution in [0.15, 0.2) is 24.3 Å². The number of benzene rings is 1. The number of aliphatic hydroxyl groups is 1. The number of aromatic nitrogens is 2. The van der Waals surface area contributed by atoms with Gasteiger partial charge in [-0.3, -0.25) is 0 Å². The van der Waals surface area contributed by atoms with Crippen molar-refractivity contribution < 1.29 is 13.5 Å². The SMILES string of the molecule is Cn1c(CC(O)CC2CCS(=O)(=O)C2)nc2ccccc21. The highest BCUT2D eigenvalue weighted by molar-refractivity contribution is 7.91. The van der Waals surface area contributed by atoms with Crippen LogP contribution in [0.2, 0.25) is 0 Å². The molecule has 0 bridgehead atoms. The summed E-state index contributed by atoms with van der Waals surface area (Å²) in [6, 6.07) is 7.86. The molecule has 0 aliphatic carbocycles. The molecule has 3 rings (SSSR count). The van der Waals surface area contributed by atoms with E-state index < -0.39 is 15.9 Å². The van der Waals surface area contributed by atoms with Crippen molar-refractivity contribution in [3.8, 4) is 0 Å². The lowest BCUT2D eigenvalue weighted by Crippen LogP contribution is -2.19. The summed E-state index contributed by atoms with van der Waals surface area (Å²) >= 11 is 0. The fourth-order valence-corrected chi connectivity index (χ4v) is 4.99. The van der Waals surface area contributed by atoms with E-state index in [2.05, 4.69) is 4.98 Å². The molecule has 114 valence electrons. The van der Waals surface area contributed by atoms with Gasteiger partial charge < -0.3 is 9.67 Å². The lowest BCUT2D eigenvalue weighted by atomic mass is 9.99. The van der Waals surface area contributed by atoms with Crippen LogP contribution in [0.1, 0.15) is 18.7 Å². The summed E-state index contributed by atoms with van der Waals surface area (Å²) in [7, 11) is -0.933. The van der Waals surface area contributed by atoms with Crippen molar-refractivity contribution in [2.45, 2.75) is 25.4 Å². The van der Waals surface area contributed by atoms with E-state index in [0.29, 0.717) is 19.3 Å². The number of fused-ring (bicyclic) bond motifs is 1. The van der Waals surface area contributed by atoms with Crippen LogP contribution in [0, 0.1) is 5.92 Å². The standard InChI is InChI=1S/C15H20N2O3S/c1-17-14-5-3-2-4-13(14)16-15(17)9-12(18)8-11-6-7-21(19,20)10-11/h2-5,11-12,18H,6-10H2,1H3. The average Bonchev–Trinajstić information content (AvgIpc) is 2.91. The van der Waals surface area contributed by atoms with E-state index in [1.54, 1.807) is 0 Å². The van der Waals surface area contributed by atoms with Crippen molar-refractivity contribution in [2.75, 3.05) is 11.5 Å². The van der Waals surface area contributed by atoms with Crippen molar-refractivity contribution in [2.24, 2.45) is 13.0 Å². The Morgan fingerprint density at radius 1 is 1.43 bits per heavy atom. The summed E-state index contributed by atoms with van der Waals surface area (Å²) < 4.78 is 24.9. The molecule has 0 saturated carbocycles. The van der Waals surface area contributed by atoms with Gasteiger partial charge in [-0.05, 0) is 30.9 Å². The zero-order chi connectivity index (χ0) is 15.0. The molecule has 0 spiro atoms. The summed E-state index contributed by atoms with van der Waals surface area (Å²) in [6.45, 7) is 0. The summed E-state index contributed by atoms with van der Waals surface area (Å²) in [4.78, 5) is 4.54. The van der Waals surface area contributed by atoms with Crippen molar-refractivity contribution in [1.29, 1.82) is 0 Å². The molecule has 2 aromatic rings. The van der Waals surface area contributed by atoms with Gasteiger partial charge in [-0.15, -0.1) is 0 Å². The second kappa shape index (κ2) is 5.42. The third kappa shape index (κ3) is 3.11. The van der Waals surface area contributed by atoms with Crippen LogP contribution in [0.3, 0.4) is 0 Å². The van der Waals surface area contributed by atoms with E-state index in [0.717, 1.165) is 16.9 Å². The van der Waals surface area contributed by atoms with Gasteiger partial charge in [-0.2, -0.15) is 0 Å². The smallest absolute Gasteiger partial charge is 0.150 e. The van der Waals surface area contributed by atoms with Crippen LogP contribution in [-0.2, 0) is 23.3 Å². The van der Waals surface area contributed by atoms with Crippen LogP contribution in [0.25, 0.3) is 11.0 Å². The third-order valence-corrected chi connectivity index (χ3v) is 6.07. The molecule has 1 aliphatic rings. The number of hydrogen-bond acceptors (Lipinski definition) is 4. The van der Waals surface area contributed by atoms with Crippen LogP contribution in [0.4, 0.5) is 0 Å². The van der Waals surface area contributed by atoms with E-state index in [1.807, 2.05) is 35.9 Å². The highest BCUT2D eigenvalue weighted by Crippen LogP contribution is 2.24. The van der Waals surface area contributed by atoms with Gasteiger partial charge in [0.25, 0.3) is 0 Å². The van der Waals surface area contributed by atoms with Gasteiger partial charge in [0.2, 0.25) is 0 Å². The van der Waals surface area contributed by atoms with Gasteiger partial charge in [0, 0.05) is 13.5 Å². The molecule has 1 aromatic heterocycles. The zero-order valence-corrected chi connectivity index (χ0v) is 12.9. The van der Waals surface area contributed by atoms with E-state index in [4.69, 9.17) is 0 Å². The van der Waals surface area contributed by atoms with Gasteiger partial charge in [-0.1, -0.05) is 12.1 Å². The second-order valence-electron chi connectivity index (χ2n) is 5.94. The fraction of sp³-hybridized carbons (Fsp3) is 0.533. The van der Waals surface area contributed by atoms with Crippen LogP contribution >= 0.6 is 0 Å². The highest BCUT2D eigenvalue weighted by atomic mass is 32.2. The molecular weight excluding hydrogens is 288 g/mol. The summed E-state index contributed by atoms with van der Waals surface area (Å²) in [5.74, 6) is 1.40. The predicted octanol–water partition coefficient (Wildman–Crippen LogP) is 1.30. The van der Waals surface area contributed by atoms with Gasteiger partial charge in [-0.25, -0.2) is 13.4 Å². The van der Waals surface area contributed by atoms with Crippen molar-refractivity contribution in [3.63, 3.8) is 0 Å². The molecular formula is C15H20N2O3S. The van der Waals surface area contributed by atoms with E-state index in [9.17, 15) is 13.5 Å². The average molecular weight is 308 g/mol. The lowest BCUT2D eigenvalue weighted by Gasteiger charge is -2.14. The molecule has 1 aliphatic heterocycles. The summed E-state index contributed by atoms with van der Waals surface area (Å²) in [5, 5.41) is 10.2. The van der Waals surface area contributed by atoms with Gasteiger partial charge >= 0.3 is 0 Å². The van der Waals surface area contributed by atoms with Crippen molar-refractivity contribution >= 4 is 20.9 Å². The largest absolute Gasteiger partial charge is 0.393 e. The first-order valence-corrected chi connectivity index (χ1v) is 9.05. The minimum atomic E-state index is -2.87. The Morgan fingerprint density at radius 2 is 2.19 bits per heavy atom. The first kappa shape index (κ1) is 14.5.